The number of nitrogens with two attached hydrogens (primary N) is 1. The smallest absolute Gasteiger partial charge is 0.327 e. The minimum absolute atomic E-state index is 0.0879. The normalized spacial score (nSPS) is 22.8. The number of hydrogen-bond acceptors (Lipinski definition) is 9. The highest BCUT2D eigenvalue weighted by Gasteiger charge is 2.44. The van der Waals surface area contributed by atoms with Crippen molar-refractivity contribution in [2.24, 2.45) is 5.73 Å². The van der Waals surface area contributed by atoms with Gasteiger partial charge in [0.1, 0.15) is 23.9 Å². The molecule has 14 heteroatoms. The SMILES string of the molecule is Cc1cc(O)cc(C)c1C[C@H](N)C(=O)N[C@@H]1C(=O)NCC(=O)N[C@H](Cc2ccccc2)C(=O)N[C@H](C(=O)O)C(C)(C)SSC1(C)C. The Balaban J connectivity index is 1.90. The topological polar surface area (TPSA) is 200 Å². The van der Waals surface area contributed by atoms with E-state index < -0.39 is 69.8 Å². The number of phenolic OH excluding ortho intramolecular Hbond substituents is 1. The van der Waals surface area contributed by atoms with Crippen molar-refractivity contribution >= 4 is 51.2 Å². The highest BCUT2D eigenvalue weighted by molar-refractivity contribution is 8.77. The van der Waals surface area contributed by atoms with Crippen LogP contribution in [0, 0.1) is 13.8 Å². The quantitative estimate of drug-likeness (QED) is 0.212. The van der Waals surface area contributed by atoms with Gasteiger partial charge < -0.3 is 37.2 Å². The summed E-state index contributed by atoms with van der Waals surface area (Å²) in [6.45, 7) is 9.84. The van der Waals surface area contributed by atoms with Crippen LogP contribution >= 0.6 is 21.6 Å². The van der Waals surface area contributed by atoms with E-state index >= 15 is 0 Å². The summed E-state index contributed by atoms with van der Waals surface area (Å²) >= 11 is 0. The maximum Gasteiger partial charge on any atom is 0.327 e. The predicted octanol–water partition coefficient (Wildman–Crippen LogP) is 1.73. The standard InChI is InChI=1S/C32H43N5O7S2/c1-17-12-20(38)13-18(2)21(17)15-22(33)27(40)36-25-29(42)34-16-24(39)35-23(14-19-10-8-7-9-11-19)28(41)37-26(30(43)44)32(5,6)46-45-31(25,3)4/h7-13,22-23,25-26,38H,14-16,33H2,1-6H3,(H,34,42)(H,35,39)(H,36,40)(H,37,41)(H,43,44)/t22-,23+,25+,26+/m0/s1. The zero-order valence-electron chi connectivity index (χ0n) is 26.8. The van der Waals surface area contributed by atoms with Crippen molar-refractivity contribution in [1.29, 1.82) is 0 Å². The maximum atomic E-state index is 13.6. The van der Waals surface area contributed by atoms with E-state index in [1.165, 1.54) is 10.8 Å². The van der Waals surface area contributed by atoms with E-state index in [9.17, 15) is 34.2 Å². The molecule has 0 bridgehead atoms. The summed E-state index contributed by atoms with van der Waals surface area (Å²) in [6.07, 6.45) is 0.239. The summed E-state index contributed by atoms with van der Waals surface area (Å²) in [5.41, 5.74) is 9.37. The van der Waals surface area contributed by atoms with E-state index in [1.807, 2.05) is 6.07 Å². The summed E-state index contributed by atoms with van der Waals surface area (Å²) in [4.78, 5) is 65.9. The highest BCUT2D eigenvalue weighted by atomic mass is 33.1. The Hall–Kier alpha value is -3.75. The van der Waals surface area contributed by atoms with Crippen LogP contribution in [-0.2, 0) is 36.8 Å². The average Bonchev–Trinajstić information content (AvgIpc) is 2.97. The molecule has 1 heterocycles. The van der Waals surface area contributed by atoms with Crippen molar-refractivity contribution in [1.82, 2.24) is 21.3 Å². The fourth-order valence-corrected chi connectivity index (χ4v) is 7.88. The van der Waals surface area contributed by atoms with Gasteiger partial charge in [0.25, 0.3) is 0 Å². The fraction of sp³-hybridized carbons (Fsp3) is 0.469. The van der Waals surface area contributed by atoms with Gasteiger partial charge in [-0.3, -0.25) is 19.2 Å². The molecule has 1 fully saturated rings. The third kappa shape index (κ3) is 9.63. The van der Waals surface area contributed by atoms with Crippen LogP contribution in [0.4, 0.5) is 0 Å². The molecule has 0 saturated carbocycles. The van der Waals surface area contributed by atoms with Crippen molar-refractivity contribution in [2.45, 2.75) is 88.0 Å². The molecule has 0 aromatic heterocycles. The number of carboxylic acid groups (broad SMARTS) is 1. The first-order valence-corrected chi connectivity index (χ1v) is 16.9. The lowest BCUT2D eigenvalue weighted by atomic mass is 9.95. The van der Waals surface area contributed by atoms with Crippen LogP contribution in [-0.4, -0.2) is 80.0 Å². The molecular formula is C32H43N5O7S2. The number of carbonyl (C=O) groups is 5. The van der Waals surface area contributed by atoms with Crippen LogP contribution in [0.15, 0.2) is 42.5 Å². The zero-order valence-corrected chi connectivity index (χ0v) is 28.4. The largest absolute Gasteiger partial charge is 0.508 e. The molecule has 1 saturated heterocycles. The number of phenols is 1. The van der Waals surface area contributed by atoms with Gasteiger partial charge in [-0.1, -0.05) is 51.9 Å². The van der Waals surface area contributed by atoms with E-state index in [0.717, 1.165) is 33.0 Å². The van der Waals surface area contributed by atoms with Gasteiger partial charge in [-0.25, -0.2) is 4.79 Å². The lowest BCUT2D eigenvalue weighted by Gasteiger charge is -2.38. The number of aryl methyl sites for hydroxylation is 2. The minimum atomic E-state index is -1.36. The minimum Gasteiger partial charge on any atom is -0.508 e. The first-order chi connectivity index (χ1) is 21.4. The number of amides is 4. The van der Waals surface area contributed by atoms with Gasteiger partial charge >= 0.3 is 5.97 Å². The van der Waals surface area contributed by atoms with E-state index in [1.54, 1.807) is 77.9 Å². The Morgan fingerprint density at radius 2 is 1.57 bits per heavy atom. The molecule has 0 spiro atoms. The monoisotopic (exact) mass is 673 g/mol. The summed E-state index contributed by atoms with van der Waals surface area (Å²) < 4.78 is -2.15. The number of rotatable bonds is 7. The third-order valence-electron chi connectivity index (χ3n) is 7.74. The van der Waals surface area contributed by atoms with Crippen LogP contribution in [0.1, 0.15) is 49.9 Å². The molecule has 0 aliphatic carbocycles. The Morgan fingerprint density at radius 1 is 0.978 bits per heavy atom. The molecule has 1 aliphatic rings. The second kappa shape index (κ2) is 15.2. The second-order valence-corrected chi connectivity index (χ2v) is 15.9. The summed E-state index contributed by atoms with van der Waals surface area (Å²) in [5.74, 6) is -3.77. The molecule has 8 N–H and O–H groups in total. The Kier molecular flexibility index (Phi) is 12.2. The first kappa shape index (κ1) is 36.7. The molecule has 2 aromatic carbocycles. The Morgan fingerprint density at radius 3 is 2.15 bits per heavy atom. The van der Waals surface area contributed by atoms with Crippen molar-refractivity contribution in [3.05, 3.63) is 64.7 Å². The number of hydrogen-bond donors (Lipinski definition) is 7. The Labute approximate surface area is 276 Å². The van der Waals surface area contributed by atoms with Crippen LogP contribution in [0.25, 0.3) is 0 Å². The van der Waals surface area contributed by atoms with Crippen molar-refractivity contribution in [3.8, 4) is 5.75 Å². The van der Waals surface area contributed by atoms with E-state index in [-0.39, 0.29) is 18.6 Å². The molecule has 4 atom stereocenters. The predicted molar refractivity (Wildman–Crippen MR) is 179 cm³/mol. The van der Waals surface area contributed by atoms with Crippen LogP contribution in [0.5, 0.6) is 5.75 Å². The lowest BCUT2D eigenvalue weighted by molar-refractivity contribution is -0.143. The van der Waals surface area contributed by atoms with Gasteiger partial charge in [-0.05, 0) is 82.3 Å². The molecule has 3 rings (SSSR count). The first-order valence-electron chi connectivity index (χ1n) is 14.8. The fourth-order valence-electron chi connectivity index (χ4n) is 5.07. The van der Waals surface area contributed by atoms with E-state index in [0.29, 0.717) is 0 Å². The van der Waals surface area contributed by atoms with Crippen LogP contribution in [0.2, 0.25) is 0 Å². The highest BCUT2D eigenvalue weighted by Crippen LogP contribution is 2.46. The molecule has 46 heavy (non-hydrogen) atoms. The average molecular weight is 674 g/mol. The van der Waals surface area contributed by atoms with Gasteiger partial charge in [-0.2, -0.15) is 0 Å². The maximum absolute atomic E-state index is 13.6. The molecule has 4 amide bonds. The molecule has 1 aliphatic heterocycles. The zero-order chi connectivity index (χ0) is 34.4. The van der Waals surface area contributed by atoms with Gasteiger partial charge in [0, 0.05) is 11.2 Å². The number of carboxylic acids is 1. The summed E-state index contributed by atoms with van der Waals surface area (Å²) in [6, 6.07) is 7.38. The molecule has 2 aromatic rings. The van der Waals surface area contributed by atoms with Crippen LogP contribution < -0.4 is 27.0 Å². The molecule has 0 unspecified atom stereocenters. The van der Waals surface area contributed by atoms with Crippen molar-refractivity contribution in [3.63, 3.8) is 0 Å². The number of benzene rings is 2. The lowest BCUT2D eigenvalue weighted by Crippen LogP contribution is -2.61. The van der Waals surface area contributed by atoms with Gasteiger partial charge in [-0.15, -0.1) is 0 Å². The van der Waals surface area contributed by atoms with E-state index in [2.05, 4.69) is 21.3 Å². The summed E-state index contributed by atoms with van der Waals surface area (Å²) in [7, 11) is 2.33. The number of carbonyl (C=O) groups excluding carboxylic acids is 4. The molecule has 250 valence electrons. The number of aromatic hydroxyl groups is 1. The van der Waals surface area contributed by atoms with Gasteiger partial charge in [0.2, 0.25) is 23.6 Å². The van der Waals surface area contributed by atoms with Gasteiger partial charge in [0.15, 0.2) is 0 Å². The summed E-state index contributed by atoms with van der Waals surface area (Å²) in [5, 5.41) is 30.6. The number of aliphatic carboxylic acids is 1. The molecule has 0 radical (unpaired) electrons. The van der Waals surface area contributed by atoms with Gasteiger partial charge in [0.05, 0.1) is 17.3 Å². The second-order valence-electron chi connectivity index (χ2n) is 12.5. The Bertz CT molecular complexity index is 1450. The van der Waals surface area contributed by atoms with Crippen molar-refractivity contribution in [2.75, 3.05) is 6.54 Å². The third-order valence-corrected chi connectivity index (χ3v) is 12.0. The molecular weight excluding hydrogens is 631 g/mol. The van der Waals surface area contributed by atoms with Crippen LogP contribution in [0.3, 0.4) is 0 Å². The van der Waals surface area contributed by atoms with E-state index in [4.69, 9.17) is 5.73 Å². The number of nitrogens with one attached hydrogen (secondary N) is 4. The molecule has 12 nitrogen and oxygen atoms in total. The van der Waals surface area contributed by atoms with Crippen molar-refractivity contribution < 1.29 is 34.2 Å².